The highest BCUT2D eigenvalue weighted by Gasteiger charge is 2.22. The maximum absolute atomic E-state index is 11.3. The third kappa shape index (κ3) is 6.47. The van der Waals surface area contributed by atoms with Gasteiger partial charge in [-0.3, -0.25) is 4.79 Å². The van der Waals surface area contributed by atoms with Crippen LogP contribution in [-0.4, -0.2) is 50.1 Å². The molecule has 0 aromatic carbocycles. The summed E-state index contributed by atoms with van der Waals surface area (Å²) >= 11 is 0. The Bertz CT molecular complexity index is 192. The van der Waals surface area contributed by atoms with E-state index in [-0.39, 0.29) is 5.91 Å². The van der Waals surface area contributed by atoms with Crippen molar-refractivity contribution < 1.29 is 4.79 Å². The Hall–Kier alpha value is -0.610. The summed E-state index contributed by atoms with van der Waals surface area (Å²) in [5.74, 6) is 0.189. The summed E-state index contributed by atoms with van der Waals surface area (Å²) in [6, 6.07) is 0.490. The van der Waals surface area contributed by atoms with E-state index in [0.29, 0.717) is 12.5 Å². The van der Waals surface area contributed by atoms with Crippen LogP contribution in [0.15, 0.2) is 0 Å². The normalized spacial score (nSPS) is 15.7. The molecular formula is C11H23N3O. The van der Waals surface area contributed by atoms with Crippen LogP contribution in [0.5, 0.6) is 0 Å². The Morgan fingerprint density at radius 1 is 1.40 bits per heavy atom. The van der Waals surface area contributed by atoms with Gasteiger partial charge in [0.2, 0.25) is 5.91 Å². The third-order valence-corrected chi connectivity index (χ3v) is 2.68. The maximum Gasteiger partial charge on any atom is 0.221 e. The molecule has 1 saturated carbocycles. The van der Waals surface area contributed by atoms with Crippen molar-refractivity contribution in [1.82, 2.24) is 15.5 Å². The topological polar surface area (TPSA) is 44.4 Å². The van der Waals surface area contributed by atoms with Crippen LogP contribution in [-0.2, 0) is 4.79 Å². The maximum atomic E-state index is 11.3. The number of rotatable bonds is 8. The molecule has 0 aromatic rings. The SMILES string of the molecule is CCN(C)CCNCCC(=O)NC1CC1. The van der Waals surface area contributed by atoms with Crippen LogP contribution < -0.4 is 10.6 Å². The molecule has 1 rings (SSSR count). The lowest BCUT2D eigenvalue weighted by Gasteiger charge is -2.13. The molecule has 0 heterocycles. The average Bonchev–Trinajstić information content (AvgIpc) is 3.00. The van der Waals surface area contributed by atoms with Crippen molar-refractivity contribution in [3.05, 3.63) is 0 Å². The molecule has 0 saturated heterocycles. The lowest BCUT2D eigenvalue weighted by Crippen LogP contribution is -2.32. The van der Waals surface area contributed by atoms with Gasteiger partial charge in [-0.2, -0.15) is 0 Å². The Labute approximate surface area is 92.4 Å². The van der Waals surface area contributed by atoms with E-state index in [2.05, 4.69) is 29.5 Å². The van der Waals surface area contributed by atoms with Crippen LogP contribution >= 0.6 is 0 Å². The van der Waals surface area contributed by atoms with Gasteiger partial charge in [0.25, 0.3) is 0 Å². The van der Waals surface area contributed by atoms with Crippen molar-refractivity contribution in [2.75, 3.05) is 33.2 Å². The molecule has 0 aromatic heterocycles. The van der Waals surface area contributed by atoms with Gasteiger partial charge in [-0.15, -0.1) is 0 Å². The van der Waals surface area contributed by atoms with E-state index >= 15 is 0 Å². The van der Waals surface area contributed by atoms with Crippen LogP contribution in [0.4, 0.5) is 0 Å². The first-order chi connectivity index (χ1) is 7.22. The summed E-state index contributed by atoms with van der Waals surface area (Å²) in [6.07, 6.45) is 2.94. The van der Waals surface area contributed by atoms with Crippen molar-refractivity contribution in [2.24, 2.45) is 0 Å². The Morgan fingerprint density at radius 3 is 2.73 bits per heavy atom. The van der Waals surface area contributed by atoms with Crippen molar-refractivity contribution in [2.45, 2.75) is 32.2 Å². The number of hydrogen-bond acceptors (Lipinski definition) is 3. The molecule has 0 aliphatic heterocycles. The zero-order chi connectivity index (χ0) is 11.1. The number of nitrogens with one attached hydrogen (secondary N) is 2. The number of hydrogen-bond donors (Lipinski definition) is 2. The highest BCUT2D eigenvalue weighted by molar-refractivity contribution is 5.76. The minimum atomic E-state index is 0.189. The lowest BCUT2D eigenvalue weighted by molar-refractivity contribution is -0.121. The molecule has 1 aliphatic rings. The summed E-state index contributed by atoms with van der Waals surface area (Å²) in [4.78, 5) is 13.5. The standard InChI is InChI=1S/C11H23N3O/c1-3-14(2)9-8-12-7-6-11(15)13-10-4-5-10/h10,12H,3-9H2,1-2H3,(H,13,15). The first kappa shape index (κ1) is 12.5. The van der Waals surface area contributed by atoms with Gasteiger partial charge in [0, 0.05) is 32.1 Å². The van der Waals surface area contributed by atoms with Crippen LogP contribution in [0.1, 0.15) is 26.2 Å². The molecule has 0 radical (unpaired) electrons. The number of carbonyl (C=O) groups is 1. The molecule has 1 aliphatic carbocycles. The molecule has 0 atom stereocenters. The highest BCUT2D eigenvalue weighted by atomic mass is 16.1. The van der Waals surface area contributed by atoms with E-state index in [9.17, 15) is 4.79 Å². The summed E-state index contributed by atoms with van der Waals surface area (Å²) < 4.78 is 0. The van der Waals surface area contributed by atoms with Gasteiger partial charge in [0.05, 0.1) is 0 Å². The van der Waals surface area contributed by atoms with E-state index in [1.54, 1.807) is 0 Å². The zero-order valence-corrected chi connectivity index (χ0v) is 9.88. The highest BCUT2D eigenvalue weighted by Crippen LogP contribution is 2.18. The summed E-state index contributed by atoms with van der Waals surface area (Å²) in [7, 11) is 2.10. The van der Waals surface area contributed by atoms with Crippen molar-refractivity contribution in [3.8, 4) is 0 Å². The Morgan fingerprint density at radius 2 is 2.13 bits per heavy atom. The van der Waals surface area contributed by atoms with Gasteiger partial charge < -0.3 is 15.5 Å². The Balaban J connectivity index is 1.85. The summed E-state index contributed by atoms with van der Waals surface area (Å²) in [5, 5.41) is 6.25. The molecule has 2 N–H and O–H groups in total. The lowest BCUT2D eigenvalue weighted by atomic mass is 10.4. The minimum Gasteiger partial charge on any atom is -0.353 e. The second-order valence-electron chi connectivity index (χ2n) is 4.24. The average molecular weight is 213 g/mol. The van der Waals surface area contributed by atoms with Gasteiger partial charge in [0.1, 0.15) is 0 Å². The number of amides is 1. The monoisotopic (exact) mass is 213 g/mol. The van der Waals surface area contributed by atoms with Crippen molar-refractivity contribution in [1.29, 1.82) is 0 Å². The van der Waals surface area contributed by atoms with Gasteiger partial charge in [-0.1, -0.05) is 6.92 Å². The van der Waals surface area contributed by atoms with Crippen molar-refractivity contribution >= 4 is 5.91 Å². The molecule has 15 heavy (non-hydrogen) atoms. The second kappa shape index (κ2) is 6.80. The van der Waals surface area contributed by atoms with Gasteiger partial charge in [-0.05, 0) is 26.4 Å². The number of likely N-dealkylation sites (N-methyl/N-ethyl adjacent to an activating group) is 1. The van der Waals surface area contributed by atoms with Crippen molar-refractivity contribution in [3.63, 3.8) is 0 Å². The largest absolute Gasteiger partial charge is 0.353 e. The first-order valence-corrected chi connectivity index (χ1v) is 5.91. The van der Waals surface area contributed by atoms with Gasteiger partial charge in [-0.25, -0.2) is 0 Å². The third-order valence-electron chi connectivity index (χ3n) is 2.68. The molecule has 0 bridgehead atoms. The molecule has 0 spiro atoms. The first-order valence-electron chi connectivity index (χ1n) is 5.91. The summed E-state index contributed by atoms with van der Waals surface area (Å²) in [6.45, 7) is 6.00. The van der Waals surface area contributed by atoms with Crippen LogP contribution in [0.2, 0.25) is 0 Å². The quantitative estimate of drug-likeness (QED) is 0.566. The van der Waals surface area contributed by atoms with Gasteiger partial charge in [0.15, 0.2) is 0 Å². The molecule has 0 unspecified atom stereocenters. The van der Waals surface area contributed by atoms with E-state index in [4.69, 9.17) is 0 Å². The molecule has 4 heteroatoms. The Kier molecular flexibility index (Phi) is 5.65. The summed E-state index contributed by atoms with van der Waals surface area (Å²) in [5.41, 5.74) is 0. The predicted molar refractivity (Wildman–Crippen MR) is 61.8 cm³/mol. The number of carbonyl (C=O) groups excluding carboxylic acids is 1. The molecule has 1 amide bonds. The van der Waals surface area contributed by atoms with E-state index in [1.165, 1.54) is 12.8 Å². The second-order valence-corrected chi connectivity index (χ2v) is 4.24. The predicted octanol–water partition coefficient (Wildman–Crippen LogP) is 0.196. The van der Waals surface area contributed by atoms with Crippen LogP contribution in [0.3, 0.4) is 0 Å². The zero-order valence-electron chi connectivity index (χ0n) is 9.88. The molecule has 4 nitrogen and oxygen atoms in total. The van der Waals surface area contributed by atoms with E-state index < -0.39 is 0 Å². The fourth-order valence-electron chi connectivity index (χ4n) is 1.28. The molecule has 88 valence electrons. The minimum absolute atomic E-state index is 0.189. The van der Waals surface area contributed by atoms with Crippen LogP contribution in [0.25, 0.3) is 0 Å². The van der Waals surface area contributed by atoms with Gasteiger partial charge >= 0.3 is 0 Å². The molecular weight excluding hydrogens is 190 g/mol. The van der Waals surface area contributed by atoms with Crippen LogP contribution in [0, 0.1) is 0 Å². The van der Waals surface area contributed by atoms with E-state index in [1.807, 2.05) is 0 Å². The fraction of sp³-hybridized carbons (Fsp3) is 0.909. The molecule has 1 fully saturated rings. The fourth-order valence-corrected chi connectivity index (χ4v) is 1.28. The van der Waals surface area contributed by atoms with E-state index in [0.717, 1.165) is 26.2 Å². The smallest absolute Gasteiger partial charge is 0.221 e. The number of nitrogens with zero attached hydrogens (tertiary/aromatic N) is 1.